The minimum atomic E-state index is -3.55. The molecule has 8 heteroatoms. The van der Waals surface area contributed by atoms with Crippen LogP contribution in [-0.2, 0) is 32.5 Å². The van der Waals surface area contributed by atoms with Crippen LogP contribution in [-0.4, -0.2) is 50.2 Å². The molecule has 0 bridgehead atoms. The quantitative estimate of drug-likeness (QED) is 0.744. The van der Waals surface area contributed by atoms with Crippen LogP contribution in [0.15, 0.2) is 53.4 Å². The smallest absolute Gasteiger partial charge is 0.243 e. The monoisotopic (exact) mass is 441 g/mol. The lowest BCUT2D eigenvalue weighted by molar-refractivity contribution is -0.125. The highest BCUT2D eigenvalue weighted by Gasteiger charge is 2.38. The largest absolute Gasteiger partial charge is 0.354 e. The van der Waals surface area contributed by atoms with Crippen LogP contribution in [0.3, 0.4) is 0 Å². The number of rotatable bonds is 6. The molecule has 1 saturated heterocycles. The second-order valence-electron chi connectivity index (χ2n) is 8.04. The molecule has 0 aliphatic carbocycles. The summed E-state index contributed by atoms with van der Waals surface area (Å²) in [4.78, 5) is 26.9. The van der Waals surface area contributed by atoms with Gasteiger partial charge < -0.3 is 5.32 Å². The maximum Gasteiger partial charge on any atom is 0.243 e. The van der Waals surface area contributed by atoms with E-state index in [1.807, 2.05) is 30.3 Å². The molecule has 0 saturated carbocycles. The van der Waals surface area contributed by atoms with Crippen molar-refractivity contribution in [2.24, 2.45) is 0 Å². The molecule has 2 aliphatic rings. The highest BCUT2D eigenvalue weighted by molar-refractivity contribution is 7.89. The van der Waals surface area contributed by atoms with E-state index in [0.29, 0.717) is 43.7 Å². The fraction of sp³-hybridized carbons (Fsp3) is 0.391. The summed E-state index contributed by atoms with van der Waals surface area (Å²) in [5, 5.41) is 2.92. The van der Waals surface area contributed by atoms with E-state index in [0.717, 1.165) is 18.4 Å². The lowest BCUT2D eigenvalue weighted by atomic mass is 10.1. The van der Waals surface area contributed by atoms with Crippen LogP contribution >= 0.6 is 0 Å². The van der Waals surface area contributed by atoms with Gasteiger partial charge in [0.15, 0.2) is 0 Å². The van der Waals surface area contributed by atoms with Crippen LogP contribution in [0, 0.1) is 0 Å². The maximum atomic E-state index is 12.9. The molecule has 31 heavy (non-hydrogen) atoms. The SMILES string of the molecule is CC(=O)N1c2ccc(S(=O)(=O)N3CCCC3)cc2CC1C(=O)NCCc1ccccc1. The maximum absolute atomic E-state index is 12.9. The van der Waals surface area contributed by atoms with Gasteiger partial charge >= 0.3 is 0 Å². The van der Waals surface area contributed by atoms with Gasteiger partial charge in [0.1, 0.15) is 6.04 Å². The molecule has 7 nitrogen and oxygen atoms in total. The van der Waals surface area contributed by atoms with Crippen LogP contribution in [0.4, 0.5) is 5.69 Å². The number of benzene rings is 2. The highest BCUT2D eigenvalue weighted by atomic mass is 32.2. The first-order chi connectivity index (χ1) is 14.9. The molecule has 1 fully saturated rings. The van der Waals surface area contributed by atoms with Gasteiger partial charge in [-0.05, 0) is 48.6 Å². The lowest BCUT2D eigenvalue weighted by Crippen LogP contribution is -2.47. The summed E-state index contributed by atoms with van der Waals surface area (Å²) in [6, 6.07) is 14.0. The van der Waals surface area contributed by atoms with Crippen molar-refractivity contribution in [1.82, 2.24) is 9.62 Å². The molecule has 4 rings (SSSR count). The molecule has 1 N–H and O–H groups in total. The van der Waals surface area contributed by atoms with Gasteiger partial charge in [0, 0.05) is 38.7 Å². The second kappa shape index (κ2) is 8.80. The average molecular weight is 442 g/mol. The zero-order chi connectivity index (χ0) is 22.0. The summed E-state index contributed by atoms with van der Waals surface area (Å²) in [6.45, 7) is 2.96. The summed E-state index contributed by atoms with van der Waals surface area (Å²) in [5.41, 5.74) is 2.44. The van der Waals surface area contributed by atoms with E-state index >= 15 is 0 Å². The number of nitrogens with one attached hydrogen (secondary N) is 1. The summed E-state index contributed by atoms with van der Waals surface area (Å²) >= 11 is 0. The van der Waals surface area contributed by atoms with E-state index in [-0.39, 0.29) is 16.7 Å². The number of carbonyl (C=O) groups is 2. The van der Waals surface area contributed by atoms with E-state index in [1.165, 1.54) is 22.2 Å². The molecule has 2 aliphatic heterocycles. The summed E-state index contributed by atoms with van der Waals surface area (Å²) in [5.74, 6) is -0.469. The van der Waals surface area contributed by atoms with Crippen molar-refractivity contribution in [3.8, 4) is 0 Å². The van der Waals surface area contributed by atoms with Crippen molar-refractivity contribution >= 4 is 27.5 Å². The minimum Gasteiger partial charge on any atom is -0.354 e. The van der Waals surface area contributed by atoms with Gasteiger partial charge in [-0.25, -0.2) is 8.42 Å². The lowest BCUT2D eigenvalue weighted by Gasteiger charge is -2.23. The zero-order valence-electron chi connectivity index (χ0n) is 17.6. The van der Waals surface area contributed by atoms with Crippen molar-refractivity contribution in [2.75, 3.05) is 24.5 Å². The summed E-state index contributed by atoms with van der Waals surface area (Å²) in [7, 11) is -3.55. The van der Waals surface area contributed by atoms with Gasteiger partial charge in [0.2, 0.25) is 21.8 Å². The van der Waals surface area contributed by atoms with Crippen LogP contribution in [0.25, 0.3) is 0 Å². The normalized spacial score (nSPS) is 18.7. The number of fused-ring (bicyclic) bond motifs is 1. The molecule has 1 unspecified atom stereocenters. The van der Waals surface area contributed by atoms with Gasteiger partial charge in [0.25, 0.3) is 0 Å². The van der Waals surface area contributed by atoms with Crippen LogP contribution in [0.5, 0.6) is 0 Å². The number of sulfonamides is 1. The third-order valence-electron chi connectivity index (χ3n) is 5.94. The van der Waals surface area contributed by atoms with Gasteiger partial charge in [-0.15, -0.1) is 0 Å². The molecule has 0 aromatic heterocycles. The first kappa shape index (κ1) is 21.5. The third kappa shape index (κ3) is 4.36. The Labute approximate surface area is 183 Å². The molecular weight excluding hydrogens is 414 g/mol. The molecule has 0 radical (unpaired) electrons. The third-order valence-corrected chi connectivity index (χ3v) is 7.83. The summed E-state index contributed by atoms with van der Waals surface area (Å²) < 4.78 is 27.3. The topological polar surface area (TPSA) is 86.8 Å². The van der Waals surface area contributed by atoms with Crippen molar-refractivity contribution < 1.29 is 18.0 Å². The standard InChI is InChI=1S/C23H27N3O4S/c1-17(27)26-21-10-9-20(31(29,30)25-13-5-6-14-25)15-19(21)16-22(26)23(28)24-12-11-18-7-3-2-4-8-18/h2-4,7-10,15,22H,5-6,11-14,16H2,1H3,(H,24,28). The Morgan fingerprint density at radius 3 is 2.45 bits per heavy atom. The van der Waals surface area contributed by atoms with Crippen LogP contribution in [0.2, 0.25) is 0 Å². The fourth-order valence-electron chi connectivity index (χ4n) is 4.36. The number of hydrogen-bond donors (Lipinski definition) is 1. The highest BCUT2D eigenvalue weighted by Crippen LogP contribution is 2.35. The van der Waals surface area contributed by atoms with E-state index in [4.69, 9.17) is 0 Å². The Morgan fingerprint density at radius 2 is 1.77 bits per heavy atom. The first-order valence-electron chi connectivity index (χ1n) is 10.6. The zero-order valence-corrected chi connectivity index (χ0v) is 18.4. The number of amides is 2. The summed E-state index contributed by atoms with van der Waals surface area (Å²) in [6.07, 6.45) is 2.74. The van der Waals surface area contributed by atoms with Gasteiger partial charge in [-0.1, -0.05) is 30.3 Å². The first-order valence-corrected chi connectivity index (χ1v) is 12.1. The molecule has 2 heterocycles. The Bertz CT molecular complexity index is 1080. The number of hydrogen-bond acceptors (Lipinski definition) is 4. The van der Waals surface area contributed by atoms with Crippen LogP contribution in [0.1, 0.15) is 30.9 Å². The van der Waals surface area contributed by atoms with Crippen molar-refractivity contribution in [3.63, 3.8) is 0 Å². The number of anilines is 1. The number of nitrogens with zero attached hydrogens (tertiary/aromatic N) is 2. The molecule has 2 amide bonds. The molecule has 0 spiro atoms. The van der Waals surface area contributed by atoms with Crippen molar-refractivity contribution in [1.29, 1.82) is 0 Å². The van der Waals surface area contributed by atoms with Gasteiger partial charge in [0.05, 0.1) is 4.90 Å². The van der Waals surface area contributed by atoms with Gasteiger partial charge in [-0.3, -0.25) is 14.5 Å². The predicted octanol–water partition coefficient (Wildman–Crippen LogP) is 2.11. The van der Waals surface area contributed by atoms with E-state index in [2.05, 4.69) is 5.32 Å². The predicted molar refractivity (Wildman–Crippen MR) is 118 cm³/mol. The Balaban J connectivity index is 1.50. The molecule has 164 valence electrons. The molecule has 2 aromatic carbocycles. The van der Waals surface area contributed by atoms with E-state index in [9.17, 15) is 18.0 Å². The molecule has 2 aromatic rings. The van der Waals surface area contributed by atoms with Crippen molar-refractivity contribution in [3.05, 3.63) is 59.7 Å². The number of carbonyl (C=O) groups excluding carboxylic acids is 2. The Kier molecular flexibility index (Phi) is 6.11. The fourth-order valence-corrected chi connectivity index (χ4v) is 5.93. The average Bonchev–Trinajstić information content (AvgIpc) is 3.42. The minimum absolute atomic E-state index is 0.224. The Morgan fingerprint density at radius 1 is 1.06 bits per heavy atom. The second-order valence-corrected chi connectivity index (χ2v) is 9.98. The van der Waals surface area contributed by atoms with Crippen molar-refractivity contribution in [2.45, 2.75) is 43.5 Å². The van der Waals surface area contributed by atoms with E-state index < -0.39 is 16.1 Å². The van der Waals surface area contributed by atoms with E-state index in [1.54, 1.807) is 12.1 Å². The van der Waals surface area contributed by atoms with Gasteiger partial charge in [-0.2, -0.15) is 4.31 Å². The molecular formula is C23H27N3O4S. The Hall–Kier alpha value is -2.71. The molecule has 1 atom stereocenters. The van der Waals surface area contributed by atoms with Crippen LogP contribution < -0.4 is 10.2 Å².